The first-order valence-electron chi connectivity index (χ1n) is 10.9. The minimum Gasteiger partial charge on any atom is -0.457 e. The van der Waals surface area contributed by atoms with Crippen molar-refractivity contribution in [2.24, 2.45) is 0 Å². The fourth-order valence-electron chi connectivity index (χ4n) is 3.52. The van der Waals surface area contributed by atoms with Crippen molar-refractivity contribution >= 4 is 91.9 Å². The van der Waals surface area contributed by atoms with E-state index in [1.165, 1.54) is 6.08 Å². The highest BCUT2D eigenvalue weighted by Crippen LogP contribution is 2.29. The van der Waals surface area contributed by atoms with Crippen LogP contribution in [0.5, 0.6) is 0 Å². The molecule has 0 bridgehead atoms. The maximum absolute atomic E-state index is 12.4. The summed E-state index contributed by atoms with van der Waals surface area (Å²) in [6.45, 7) is 0. The van der Waals surface area contributed by atoms with Crippen LogP contribution in [-0.2, 0) is 4.79 Å². The highest BCUT2D eigenvalue weighted by Gasteiger charge is 2.11. The van der Waals surface area contributed by atoms with Crippen LogP contribution in [0.4, 0.5) is 5.69 Å². The SMILES string of the molecule is O=C(/C=C/c1ccc(-c2cc(Cl)cc(Cl)c2)o1)NC(=S)Nc1ccc2oc(-c3cccc(I)c3)nc2c1. The van der Waals surface area contributed by atoms with Gasteiger partial charge >= 0.3 is 0 Å². The maximum atomic E-state index is 12.4. The summed E-state index contributed by atoms with van der Waals surface area (Å²) < 4.78 is 12.7. The molecule has 0 saturated heterocycles. The number of nitrogens with one attached hydrogen (secondary N) is 2. The Balaban J connectivity index is 1.21. The molecule has 10 heteroatoms. The van der Waals surface area contributed by atoms with Crippen LogP contribution < -0.4 is 10.6 Å². The fourth-order valence-corrected chi connectivity index (χ4v) is 4.81. The number of carbonyl (C=O) groups is 1. The van der Waals surface area contributed by atoms with Crippen molar-refractivity contribution in [3.63, 3.8) is 0 Å². The van der Waals surface area contributed by atoms with Gasteiger partial charge in [-0.05, 0) is 108 Å². The number of benzene rings is 3. The topological polar surface area (TPSA) is 80.3 Å². The smallest absolute Gasteiger partial charge is 0.250 e. The molecule has 0 unspecified atom stereocenters. The Morgan fingerprint density at radius 1 is 0.946 bits per heavy atom. The molecule has 37 heavy (non-hydrogen) atoms. The van der Waals surface area contributed by atoms with E-state index < -0.39 is 5.91 Å². The molecule has 0 fully saturated rings. The number of aromatic nitrogens is 1. The Morgan fingerprint density at radius 2 is 1.76 bits per heavy atom. The fraction of sp³-hybridized carbons (Fsp3) is 0. The van der Waals surface area contributed by atoms with Crippen molar-refractivity contribution in [3.8, 4) is 22.8 Å². The number of amides is 1. The highest BCUT2D eigenvalue weighted by atomic mass is 127. The van der Waals surface area contributed by atoms with Gasteiger partial charge in [-0.25, -0.2) is 4.98 Å². The molecule has 5 aromatic rings. The summed E-state index contributed by atoms with van der Waals surface area (Å²) in [7, 11) is 0. The third-order valence-corrected chi connectivity index (χ3v) is 6.44. The van der Waals surface area contributed by atoms with Gasteiger partial charge in [0, 0.05) is 36.5 Å². The average molecular weight is 660 g/mol. The standard InChI is InChI=1S/C27H16Cl2IN3O3S/c28-17-10-16(11-18(29)13-17)23-8-5-21(35-23)6-9-25(34)33-27(37)31-20-4-7-24-22(14-20)32-26(36-24)15-2-1-3-19(30)12-15/h1-14H,(H2,31,33,34,37)/b9-6+. The highest BCUT2D eigenvalue weighted by molar-refractivity contribution is 14.1. The third kappa shape index (κ3) is 6.40. The molecular formula is C27H16Cl2IN3O3S. The molecule has 3 aromatic carbocycles. The normalized spacial score (nSPS) is 11.2. The van der Waals surface area contributed by atoms with Crippen LogP contribution in [0.2, 0.25) is 10.0 Å². The second kappa shape index (κ2) is 11.1. The summed E-state index contributed by atoms with van der Waals surface area (Å²) >= 11 is 19.6. The number of nitrogens with zero attached hydrogens (tertiary/aromatic N) is 1. The molecule has 0 aliphatic rings. The van der Waals surface area contributed by atoms with Crippen molar-refractivity contribution in [2.45, 2.75) is 0 Å². The van der Waals surface area contributed by atoms with Crippen LogP contribution in [0.1, 0.15) is 5.76 Å². The quantitative estimate of drug-likeness (QED) is 0.113. The first kappa shape index (κ1) is 25.5. The number of fused-ring (bicyclic) bond motifs is 1. The maximum Gasteiger partial charge on any atom is 0.250 e. The third-order valence-electron chi connectivity index (χ3n) is 5.13. The molecule has 0 radical (unpaired) electrons. The van der Waals surface area contributed by atoms with E-state index in [1.807, 2.05) is 24.3 Å². The molecule has 1 amide bonds. The first-order chi connectivity index (χ1) is 17.8. The minimum atomic E-state index is -0.412. The van der Waals surface area contributed by atoms with Crippen molar-refractivity contribution in [2.75, 3.05) is 5.32 Å². The van der Waals surface area contributed by atoms with Gasteiger partial charge in [-0.3, -0.25) is 10.1 Å². The van der Waals surface area contributed by atoms with Crippen molar-refractivity contribution in [1.29, 1.82) is 0 Å². The van der Waals surface area contributed by atoms with E-state index >= 15 is 0 Å². The van der Waals surface area contributed by atoms with E-state index in [4.69, 9.17) is 44.3 Å². The predicted octanol–water partition coefficient (Wildman–Crippen LogP) is 8.19. The molecular weight excluding hydrogens is 644 g/mol. The zero-order chi connectivity index (χ0) is 25.9. The summed E-state index contributed by atoms with van der Waals surface area (Å²) in [5, 5.41) is 6.76. The number of furan rings is 1. The number of hydrogen-bond acceptors (Lipinski definition) is 5. The Kier molecular flexibility index (Phi) is 7.61. The Labute approximate surface area is 240 Å². The largest absolute Gasteiger partial charge is 0.457 e. The van der Waals surface area contributed by atoms with Crippen LogP contribution in [0.25, 0.3) is 40.0 Å². The van der Waals surface area contributed by atoms with Crippen molar-refractivity contribution in [1.82, 2.24) is 10.3 Å². The lowest BCUT2D eigenvalue weighted by atomic mass is 10.2. The lowest BCUT2D eigenvalue weighted by Gasteiger charge is -2.07. The van der Waals surface area contributed by atoms with E-state index in [-0.39, 0.29) is 5.11 Å². The molecule has 2 aromatic heterocycles. The molecule has 0 saturated carbocycles. The van der Waals surface area contributed by atoms with E-state index in [2.05, 4.69) is 38.2 Å². The Bertz CT molecular complexity index is 1660. The van der Waals surface area contributed by atoms with Crippen LogP contribution in [-0.4, -0.2) is 16.0 Å². The van der Waals surface area contributed by atoms with Gasteiger partial charge in [0.2, 0.25) is 11.8 Å². The summed E-state index contributed by atoms with van der Waals surface area (Å²) in [4.78, 5) is 16.9. The van der Waals surface area contributed by atoms with Crippen molar-refractivity contribution < 1.29 is 13.6 Å². The van der Waals surface area contributed by atoms with Crippen LogP contribution in [0.15, 0.2) is 87.7 Å². The van der Waals surface area contributed by atoms with Crippen molar-refractivity contribution in [3.05, 3.63) is 98.2 Å². The van der Waals surface area contributed by atoms with Gasteiger partial charge in [-0.1, -0.05) is 29.3 Å². The average Bonchev–Trinajstić information content (AvgIpc) is 3.49. The predicted molar refractivity (Wildman–Crippen MR) is 160 cm³/mol. The van der Waals surface area contributed by atoms with Crippen LogP contribution >= 0.6 is 58.0 Å². The van der Waals surface area contributed by atoms with Gasteiger partial charge < -0.3 is 14.2 Å². The molecule has 6 nitrogen and oxygen atoms in total. The zero-order valence-corrected chi connectivity index (χ0v) is 23.3. The summed E-state index contributed by atoms with van der Waals surface area (Å²) in [6.07, 6.45) is 2.87. The van der Waals surface area contributed by atoms with Gasteiger partial charge in [-0.15, -0.1) is 0 Å². The van der Waals surface area contributed by atoms with E-state index in [9.17, 15) is 4.79 Å². The van der Waals surface area contributed by atoms with E-state index in [0.29, 0.717) is 44.2 Å². The molecule has 2 heterocycles. The minimum absolute atomic E-state index is 0.143. The summed E-state index contributed by atoms with van der Waals surface area (Å²) in [5.41, 5.74) is 3.62. The number of anilines is 1. The molecule has 184 valence electrons. The lowest BCUT2D eigenvalue weighted by molar-refractivity contribution is -0.115. The number of oxazole rings is 1. The Morgan fingerprint density at radius 3 is 2.54 bits per heavy atom. The Hall–Kier alpha value is -3.18. The molecule has 0 aliphatic carbocycles. The van der Waals surface area contributed by atoms with Gasteiger partial charge in [0.15, 0.2) is 10.7 Å². The van der Waals surface area contributed by atoms with Gasteiger partial charge in [0.05, 0.1) is 0 Å². The van der Waals surface area contributed by atoms with Crippen LogP contribution in [0.3, 0.4) is 0 Å². The van der Waals surface area contributed by atoms with Gasteiger partial charge in [0.25, 0.3) is 0 Å². The molecule has 2 N–H and O–H groups in total. The molecule has 0 spiro atoms. The second-order valence-corrected chi connectivity index (χ2v) is 10.4. The summed E-state index contributed by atoms with van der Waals surface area (Å²) in [5.74, 6) is 1.19. The number of rotatable bonds is 5. The second-order valence-electron chi connectivity index (χ2n) is 7.85. The zero-order valence-electron chi connectivity index (χ0n) is 18.8. The number of carbonyl (C=O) groups excluding carboxylic acids is 1. The lowest BCUT2D eigenvalue weighted by Crippen LogP contribution is -2.32. The van der Waals surface area contributed by atoms with E-state index in [1.54, 1.807) is 54.6 Å². The van der Waals surface area contributed by atoms with Gasteiger partial charge in [0.1, 0.15) is 17.0 Å². The molecule has 0 atom stereocenters. The number of thiocarbonyl (C=S) groups is 1. The van der Waals surface area contributed by atoms with Gasteiger partial charge in [-0.2, -0.15) is 0 Å². The monoisotopic (exact) mass is 659 g/mol. The molecule has 5 rings (SSSR count). The van der Waals surface area contributed by atoms with E-state index in [0.717, 1.165) is 14.7 Å². The summed E-state index contributed by atoms with van der Waals surface area (Å²) in [6, 6.07) is 21.9. The number of hydrogen-bond donors (Lipinski definition) is 2. The van der Waals surface area contributed by atoms with Crippen LogP contribution in [0, 0.1) is 3.57 Å². The number of halogens is 3. The first-order valence-corrected chi connectivity index (χ1v) is 13.1. The molecule has 0 aliphatic heterocycles.